The lowest BCUT2D eigenvalue weighted by Gasteiger charge is -2.30. The summed E-state index contributed by atoms with van der Waals surface area (Å²) < 4.78 is 10.4. The molecule has 1 saturated heterocycles. The second-order valence-corrected chi connectivity index (χ2v) is 5.66. The average molecular weight is 325 g/mol. The van der Waals surface area contributed by atoms with Gasteiger partial charge in [-0.3, -0.25) is 4.79 Å². The van der Waals surface area contributed by atoms with Crippen molar-refractivity contribution in [2.24, 2.45) is 0 Å². The summed E-state index contributed by atoms with van der Waals surface area (Å²) in [5.41, 5.74) is 0.194. The fourth-order valence-corrected chi connectivity index (χ4v) is 2.64. The third kappa shape index (κ3) is 4.54. The smallest absolute Gasteiger partial charge is 0.358 e. The van der Waals surface area contributed by atoms with Crippen molar-refractivity contribution in [2.45, 2.75) is 13.0 Å². The topological polar surface area (TPSA) is 80.8 Å². The van der Waals surface area contributed by atoms with Crippen LogP contribution < -0.4 is 5.32 Å². The molecule has 0 bridgehead atoms. The zero-order valence-electron chi connectivity index (χ0n) is 12.4. The second kappa shape index (κ2) is 7.90. The van der Waals surface area contributed by atoms with Crippen LogP contribution in [0.5, 0.6) is 0 Å². The zero-order chi connectivity index (χ0) is 15.9. The van der Waals surface area contributed by atoms with Crippen LogP contribution >= 0.6 is 11.3 Å². The van der Waals surface area contributed by atoms with Gasteiger partial charge in [-0.05, 0) is 6.92 Å². The zero-order valence-corrected chi connectivity index (χ0v) is 13.2. The summed E-state index contributed by atoms with van der Waals surface area (Å²) in [4.78, 5) is 29.6. The van der Waals surface area contributed by atoms with Gasteiger partial charge >= 0.3 is 5.97 Å². The number of thiazole rings is 1. The lowest BCUT2D eigenvalue weighted by molar-refractivity contribution is -0.141. The van der Waals surface area contributed by atoms with Crippen molar-refractivity contribution in [3.8, 4) is 0 Å². The SMILES string of the molecule is C=CCNc1nc(C(=O)OCC(=O)N2CCOC(C)C2)cs1. The van der Waals surface area contributed by atoms with Crippen LogP contribution in [0.2, 0.25) is 0 Å². The Labute approximate surface area is 132 Å². The van der Waals surface area contributed by atoms with Gasteiger partial charge in [0.05, 0.1) is 12.7 Å². The first kappa shape index (κ1) is 16.4. The van der Waals surface area contributed by atoms with Crippen molar-refractivity contribution in [2.75, 3.05) is 38.2 Å². The Morgan fingerprint density at radius 2 is 2.50 bits per heavy atom. The summed E-state index contributed by atoms with van der Waals surface area (Å²) >= 11 is 1.30. The van der Waals surface area contributed by atoms with Crippen LogP contribution in [0.4, 0.5) is 5.13 Å². The highest BCUT2D eigenvalue weighted by molar-refractivity contribution is 7.13. The Morgan fingerprint density at radius 1 is 1.68 bits per heavy atom. The van der Waals surface area contributed by atoms with Crippen LogP contribution in [0, 0.1) is 0 Å². The molecule has 22 heavy (non-hydrogen) atoms. The van der Waals surface area contributed by atoms with E-state index in [-0.39, 0.29) is 24.3 Å². The standard InChI is InChI=1S/C14H19N3O4S/c1-3-4-15-14-16-11(9-22-14)13(19)21-8-12(18)17-5-6-20-10(2)7-17/h3,9-10H,1,4-8H2,2H3,(H,15,16). The highest BCUT2D eigenvalue weighted by atomic mass is 32.1. The number of rotatable bonds is 6. The van der Waals surface area contributed by atoms with Gasteiger partial charge < -0.3 is 19.7 Å². The van der Waals surface area contributed by atoms with Crippen molar-refractivity contribution < 1.29 is 19.1 Å². The van der Waals surface area contributed by atoms with Crippen LogP contribution in [-0.4, -0.2) is 60.7 Å². The number of amides is 1. The number of hydrogen-bond acceptors (Lipinski definition) is 7. The van der Waals surface area contributed by atoms with Crippen molar-refractivity contribution >= 4 is 28.3 Å². The van der Waals surface area contributed by atoms with Gasteiger partial charge in [0.2, 0.25) is 0 Å². The van der Waals surface area contributed by atoms with Gasteiger partial charge in [-0.15, -0.1) is 17.9 Å². The molecule has 1 aliphatic heterocycles. The number of anilines is 1. The molecule has 0 aromatic carbocycles. The molecule has 120 valence electrons. The molecular weight excluding hydrogens is 306 g/mol. The highest BCUT2D eigenvalue weighted by Gasteiger charge is 2.23. The van der Waals surface area contributed by atoms with E-state index >= 15 is 0 Å². The minimum Gasteiger partial charge on any atom is -0.451 e. The molecule has 1 aromatic heterocycles. The van der Waals surface area contributed by atoms with Crippen LogP contribution in [0.25, 0.3) is 0 Å². The number of esters is 1. The molecule has 0 aliphatic carbocycles. The second-order valence-electron chi connectivity index (χ2n) is 4.80. The molecule has 8 heteroatoms. The largest absolute Gasteiger partial charge is 0.451 e. The van der Waals surface area contributed by atoms with Gasteiger partial charge in [-0.1, -0.05) is 6.08 Å². The molecule has 7 nitrogen and oxygen atoms in total. The summed E-state index contributed by atoms with van der Waals surface area (Å²) in [6.07, 6.45) is 1.70. The van der Waals surface area contributed by atoms with Crippen LogP contribution in [-0.2, 0) is 14.3 Å². The summed E-state index contributed by atoms with van der Waals surface area (Å²) in [7, 11) is 0. The summed E-state index contributed by atoms with van der Waals surface area (Å²) in [5, 5.41) is 5.19. The maximum Gasteiger partial charge on any atom is 0.358 e. The molecular formula is C14H19N3O4S. The van der Waals surface area contributed by atoms with E-state index in [1.54, 1.807) is 16.4 Å². The molecule has 1 fully saturated rings. The lowest BCUT2D eigenvalue weighted by atomic mass is 10.3. The van der Waals surface area contributed by atoms with Gasteiger partial charge in [0.25, 0.3) is 5.91 Å². The third-order valence-corrected chi connectivity index (χ3v) is 3.83. The number of nitrogens with one attached hydrogen (secondary N) is 1. The van der Waals surface area contributed by atoms with E-state index in [2.05, 4.69) is 16.9 Å². The Bertz CT molecular complexity index is 546. The minimum atomic E-state index is -0.599. The third-order valence-electron chi connectivity index (χ3n) is 3.03. The molecule has 0 saturated carbocycles. The summed E-state index contributed by atoms with van der Waals surface area (Å²) in [6, 6.07) is 0. The van der Waals surface area contributed by atoms with E-state index in [1.807, 2.05) is 6.92 Å². The molecule has 1 aliphatic rings. The number of carbonyl (C=O) groups is 2. The first-order valence-corrected chi connectivity index (χ1v) is 7.85. The fraction of sp³-hybridized carbons (Fsp3) is 0.500. The number of aromatic nitrogens is 1. The summed E-state index contributed by atoms with van der Waals surface area (Å²) in [6.45, 7) is 7.32. The predicted molar refractivity (Wildman–Crippen MR) is 83.1 cm³/mol. The summed E-state index contributed by atoms with van der Waals surface area (Å²) in [5.74, 6) is -0.818. The lowest BCUT2D eigenvalue weighted by Crippen LogP contribution is -2.46. The molecule has 2 rings (SSSR count). The first-order chi connectivity index (χ1) is 10.6. The predicted octanol–water partition coefficient (Wildman–Crippen LogP) is 1.15. The van der Waals surface area contributed by atoms with Crippen molar-refractivity contribution in [3.63, 3.8) is 0 Å². The Morgan fingerprint density at radius 3 is 3.23 bits per heavy atom. The fourth-order valence-electron chi connectivity index (χ4n) is 1.95. The van der Waals surface area contributed by atoms with Crippen LogP contribution in [0.1, 0.15) is 17.4 Å². The van der Waals surface area contributed by atoms with Gasteiger partial charge in [-0.2, -0.15) is 0 Å². The van der Waals surface area contributed by atoms with Gasteiger partial charge in [0.15, 0.2) is 17.4 Å². The average Bonchev–Trinajstić information content (AvgIpc) is 2.99. The Hall–Kier alpha value is -1.93. The number of ether oxygens (including phenoxy) is 2. The van der Waals surface area contributed by atoms with Crippen LogP contribution in [0.15, 0.2) is 18.0 Å². The Balaban J connectivity index is 1.80. The highest BCUT2D eigenvalue weighted by Crippen LogP contribution is 2.16. The van der Waals surface area contributed by atoms with Gasteiger partial charge in [0.1, 0.15) is 0 Å². The molecule has 2 heterocycles. The molecule has 1 N–H and O–H groups in total. The van der Waals surface area contributed by atoms with Gasteiger partial charge in [0, 0.05) is 25.0 Å². The van der Waals surface area contributed by atoms with E-state index in [0.717, 1.165) is 0 Å². The number of hydrogen-bond donors (Lipinski definition) is 1. The molecule has 0 radical (unpaired) electrons. The Kier molecular flexibility index (Phi) is 5.91. The maximum atomic E-state index is 12.0. The number of carbonyl (C=O) groups excluding carboxylic acids is 2. The molecule has 1 amide bonds. The first-order valence-electron chi connectivity index (χ1n) is 6.97. The normalized spacial score (nSPS) is 17.9. The quantitative estimate of drug-likeness (QED) is 0.624. The van der Waals surface area contributed by atoms with Crippen molar-refractivity contribution in [3.05, 3.63) is 23.7 Å². The molecule has 1 aromatic rings. The minimum absolute atomic E-state index is 0.00503. The van der Waals surface area contributed by atoms with Crippen molar-refractivity contribution in [1.29, 1.82) is 0 Å². The van der Waals surface area contributed by atoms with Crippen LogP contribution in [0.3, 0.4) is 0 Å². The monoisotopic (exact) mass is 325 g/mol. The van der Waals surface area contributed by atoms with E-state index in [1.165, 1.54) is 11.3 Å². The number of morpholine rings is 1. The van der Waals surface area contributed by atoms with E-state index in [0.29, 0.717) is 31.4 Å². The van der Waals surface area contributed by atoms with Crippen molar-refractivity contribution in [1.82, 2.24) is 9.88 Å². The number of nitrogens with zero attached hydrogens (tertiary/aromatic N) is 2. The van der Waals surface area contributed by atoms with Gasteiger partial charge in [-0.25, -0.2) is 9.78 Å². The molecule has 1 unspecified atom stereocenters. The molecule has 0 spiro atoms. The van der Waals surface area contributed by atoms with E-state index in [4.69, 9.17) is 9.47 Å². The van der Waals surface area contributed by atoms with E-state index in [9.17, 15) is 9.59 Å². The maximum absolute atomic E-state index is 12.0. The van der Waals surface area contributed by atoms with E-state index < -0.39 is 5.97 Å². The molecule has 1 atom stereocenters.